The van der Waals surface area contributed by atoms with E-state index in [0.29, 0.717) is 11.1 Å². The van der Waals surface area contributed by atoms with Crippen LogP contribution in [0.25, 0.3) is 42.9 Å². The maximum Gasteiger partial charge on any atom is 0.163 e. The molecule has 0 bridgehead atoms. The number of benzene rings is 3. The van der Waals surface area contributed by atoms with Crippen molar-refractivity contribution >= 4 is 50.0 Å². The van der Waals surface area contributed by atoms with Gasteiger partial charge in [-0.1, -0.05) is 23.7 Å². The Hall–Kier alpha value is -3.10. The molecular weight excluding hydrogens is 552 g/mol. The fourth-order valence-electron chi connectivity index (χ4n) is 5.94. The summed E-state index contributed by atoms with van der Waals surface area (Å²) in [7, 11) is 0. The predicted octanol–water partition coefficient (Wildman–Crippen LogP) is 8.23. The second-order valence-corrected chi connectivity index (χ2v) is 13.4. The Kier molecular flexibility index (Phi) is 7.27. The molecule has 212 valence electrons. The summed E-state index contributed by atoms with van der Waals surface area (Å²) in [5, 5.41) is 5.08. The minimum Gasteiger partial charge on any atom is -0.360 e. The SMILES string of the molecule is CC(=O)[C@@H](OC(C)(C)C)c1c(C)cc2nc(-c3ccc4nc(C)n(C5CCNC5)c4c3)sc2c1-c1ccc(Cl)cc1. The number of halogens is 1. The summed E-state index contributed by atoms with van der Waals surface area (Å²) in [4.78, 5) is 23.0. The summed E-state index contributed by atoms with van der Waals surface area (Å²) in [5.41, 5.74) is 7.41. The maximum atomic E-state index is 13.1. The normalized spacial score (nSPS) is 16.6. The van der Waals surface area contributed by atoms with Gasteiger partial charge in [0.15, 0.2) is 5.78 Å². The molecule has 2 aromatic heterocycles. The van der Waals surface area contributed by atoms with Gasteiger partial charge in [-0.25, -0.2) is 9.97 Å². The van der Waals surface area contributed by atoms with Crippen LogP contribution < -0.4 is 5.32 Å². The minimum atomic E-state index is -0.704. The molecule has 6 rings (SSSR count). The van der Waals surface area contributed by atoms with Gasteiger partial charge in [0.2, 0.25) is 0 Å². The number of nitrogens with one attached hydrogen (secondary N) is 1. The average molecular weight is 587 g/mol. The van der Waals surface area contributed by atoms with E-state index in [1.165, 1.54) is 0 Å². The van der Waals surface area contributed by atoms with Crippen molar-refractivity contribution in [1.29, 1.82) is 0 Å². The average Bonchev–Trinajstić information content (AvgIpc) is 3.64. The van der Waals surface area contributed by atoms with E-state index >= 15 is 0 Å². The van der Waals surface area contributed by atoms with Crippen molar-refractivity contribution in [1.82, 2.24) is 19.9 Å². The van der Waals surface area contributed by atoms with Gasteiger partial charge in [-0.15, -0.1) is 11.3 Å². The van der Waals surface area contributed by atoms with Gasteiger partial charge >= 0.3 is 0 Å². The highest BCUT2D eigenvalue weighted by atomic mass is 35.5. The molecule has 1 N–H and O–H groups in total. The Bertz CT molecular complexity index is 1780. The number of aromatic nitrogens is 3. The lowest BCUT2D eigenvalue weighted by Crippen LogP contribution is -2.27. The molecule has 0 spiro atoms. The molecule has 6 nitrogen and oxygen atoms in total. The van der Waals surface area contributed by atoms with Crippen LogP contribution in [0.4, 0.5) is 0 Å². The summed E-state index contributed by atoms with van der Waals surface area (Å²) in [6.45, 7) is 13.6. The fraction of sp³-hybridized carbons (Fsp3) is 0.364. The fourth-order valence-corrected chi connectivity index (χ4v) is 7.19. The number of nitrogens with zero attached hydrogens (tertiary/aromatic N) is 3. The van der Waals surface area contributed by atoms with Crippen molar-refractivity contribution in [3.05, 3.63) is 70.5 Å². The first-order chi connectivity index (χ1) is 19.5. The number of Topliss-reactive ketones (excluding diaryl/α,β-unsaturated/α-hetero) is 1. The van der Waals surface area contributed by atoms with Crippen LogP contribution in [0.3, 0.4) is 0 Å². The molecular formula is C33H35ClN4O2S. The van der Waals surface area contributed by atoms with Crippen molar-refractivity contribution in [2.75, 3.05) is 13.1 Å². The number of aryl methyl sites for hydroxylation is 2. The molecule has 2 atom stereocenters. The second kappa shape index (κ2) is 10.6. The number of ether oxygens (including phenoxy) is 1. The number of fused-ring (bicyclic) bond motifs is 2. The third-order valence-corrected chi connectivity index (χ3v) is 9.07. The number of hydrogen-bond donors (Lipinski definition) is 1. The number of carbonyl (C=O) groups is 1. The lowest BCUT2D eigenvalue weighted by Gasteiger charge is -2.29. The Morgan fingerprint density at radius 1 is 1.07 bits per heavy atom. The molecule has 0 aliphatic carbocycles. The first-order valence-electron chi connectivity index (χ1n) is 14.1. The Balaban J connectivity index is 1.57. The molecule has 3 heterocycles. The molecule has 41 heavy (non-hydrogen) atoms. The third-order valence-electron chi connectivity index (χ3n) is 7.68. The zero-order chi connectivity index (χ0) is 29.1. The molecule has 1 saturated heterocycles. The van der Waals surface area contributed by atoms with Crippen LogP contribution in [0, 0.1) is 13.8 Å². The van der Waals surface area contributed by atoms with Crippen molar-refractivity contribution < 1.29 is 9.53 Å². The molecule has 0 radical (unpaired) electrons. The highest BCUT2D eigenvalue weighted by molar-refractivity contribution is 7.22. The second-order valence-electron chi connectivity index (χ2n) is 12.0. The first kappa shape index (κ1) is 28.0. The van der Waals surface area contributed by atoms with E-state index < -0.39 is 11.7 Å². The molecule has 1 aliphatic rings. The Morgan fingerprint density at radius 2 is 1.80 bits per heavy atom. The van der Waals surface area contributed by atoms with Gasteiger partial charge in [0.05, 0.1) is 26.9 Å². The molecule has 1 aliphatic heterocycles. The minimum absolute atomic E-state index is 0.0298. The van der Waals surface area contributed by atoms with Gasteiger partial charge in [0.1, 0.15) is 16.9 Å². The van der Waals surface area contributed by atoms with Crippen LogP contribution >= 0.6 is 22.9 Å². The molecule has 3 aromatic carbocycles. The molecule has 1 unspecified atom stereocenters. The monoisotopic (exact) mass is 586 g/mol. The number of imidazole rings is 1. The first-order valence-corrected chi connectivity index (χ1v) is 15.3. The van der Waals surface area contributed by atoms with Gasteiger partial charge in [-0.05, 0) is 102 Å². The van der Waals surface area contributed by atoms with E-state index in [1.54, 1.807) is 18.3 Å². The smallest absolute Gasteiger partial charge is 0.163 e. The molecule has 0 saturated carbocycles. The number of rotatable bonds is 6. The van der Waals surface area contributed by atoms with Gasteiger partial charge in [0.25, 0.3) is 0 Å². The molecule has 1 fully saturated rings. The Labute approximate surface area is 249 Å². The number of thiazole rings is 1. The number of hydrogen-bond acceptors (Lipinski definition) is 6. The lowest BCUT2D eigenvalue weighted by molar-refractivity contribution is -0.138. The maximum absolute atomic E-state index is 13.1. The van der Waals surface area contributed by atoms with Gasteiger partial charge in [-0.3, -0.25) is 4.79 Å². The zero-order valence-electron chi connectivity index (χ0n) is 24.3. The summed E-state index contributed by atoms with van der Waals surface area (Å²) < 4.78 is 9.79. The quantitative estimate of drug-likeness (QED) is 0.217. The summed E-state index contributed by atoms with van der Waals surface area (Å²) >= 11 is 7.93. The molecule has 0 amide bonds. The number of ketones is 1. The third kappa shape index (κ3) is 5.32. The van der Waals surface area contributed by atoms with Crippen molar-refractivity contribution in [2.45, 2.75) is 65.7 Å². The van der Waals surface area contributed by atoms with Crippen LogP contribution in [0.2, 0.25) is 5.02 Å². The van der Waals surface area contributed by atoms with Crippen molar-refractivity contribution in [3.63, 3.8) is 0 Å². The van der Waals surface area contributed by atoms with Crippen LogP contribution in [0.1, 0.15) is 63.2 Å². The highest BCUT2D eigenvalue weighted by Gasteiger charge is 2.30. The van der Waals surface area contributed by atoms with Gasteiger partial charge in [0, 0.05) is 34.3 Å². The van der Waals surface area contributed by atoms with Crippen molar-refractivity contribution in [2.24, 2.45) is 0 Å². The topological polar surface area (TPSA) is 69.0 Å². The van der Waals surface area contributed by atoms with Gasteiger partial charge in [-0.2, -0.15) is 0 Å². The van der Waals surface area contributed by atoms with E-state index in [0.717, 1.165) is 79.4 Å². The van der Waals surface area contributed by atoms with E-state index in [4.69, 9.17) is 26.3 Å². The molecule has 5 aromatic rings. The standard InChI is InChI=1S/C33H35ClN4O2S/c1-18-15-26-31(29(21-7-10-23(34)11-8-21)28(18)30(19(2)39)40-33(4,5)6)41-32(37-26)22-9-12-25-27(16-22)38(20(3)36-25)24-13-14-35-17-24/h7-12,15-16,24,30,35H,13-14,17H2,1-6H3/t24?,30-/m1/s1. The zero-order valence-corrected chi connectivity index (χ0v) is 25.9. The van der Waals surface area contributed by atoms with E-state index in [9.17, 15) is 4.79 Å². The van der Waals surface area contributed by atoms with E-state index in [2.05, 4.69) is 41.1 Å². The Morgan fingerprint density at radius 3 is 2.46 bits per heavy atom. The summed E-state index contributed by atoms with van der Waals surface area (Å²) in [6.07, 6.45) is 0.391. The van der Waals surface area contributed by atoms with Gasteiger partial charge < -0.3 is 14.6 Å². The highest BCUT2D eigenvalue weighted by Crippen LogP contribution is 2.45. The van der Waals surface area contributed by atoms with Crippen LogP contribution in [0.15, 0.2) is 48.5 Å². The summed E-state index contributed by atoms with van der Waals surface area (Å²) in [5.74, 6) is 1.01. The lowest BCUT2D eigenvalue weighted by atomic mass is 9.90. The van der Waals surface area contributed by atoms with E-state index in [-0.39, 0.29) is 5.78 Å². The van der Waals surface area contributed by atoms with Crippen LogP contribution in [0.5, 0.6) is 0 Å². The van der Waals surface area contributed by atoms with Crippen molar-refractivity contribution in [3.8, 4) is 21.7 Å². The van der Waals surface area contributed by atoms with E-state index in [1.807, 2.05) is 52.0 Å². The van der Waals surface area contributed by atoms with Crippen LogP contribution in [-0.4, -0.2) is 39.0 Å². The number of carbonyl (C=O) groups excluding carboxylic acids is 1. The molecule has 8 heteroatoms. The largest absolute Gasteiger partial charge is 0.360 e. The summed E-state index contributed by atoms with van der Waals surface area (Å²) in [6, 6.07) is 16.7. The predicted molar refractivity (Wildman–Crippen MR) is 169 cm³/mol. The van der Waals surface area contributed by atoms with Crippen LogP contribution in [-0.2, 0) is 9.53 Å².